The molecule has 1 aromatic rings. The molecule has 4 N–H and O–H groups in total. The molecule has 0 amide bonds. The summed E-state index contributed by atoms with van der Waals surface area (Å²) >= 11 is 1.67. The second-order valence-electron chi connectivity index (χ2n) is 3.43. The zero-order valence-corrected chi connectivity index (χ0v) is 8.40. The molecule has 1 aromatic heterocycles. The molecule has 0 aliphatic rings. The van der Waals surface area contributed by atoms with E-state index in [0.29, 0.717) is 12.5 Å². The summed E-state index contributed by atoms with van der Waals surface area (Å²) in [5.74, 6) is 0.312. The summed E-state index contributed by atoms with van der Waals surface area (Å²) in [6.07, 6.45) is 0. The van der Waals surface area contributed by atoms with E-state index in [-0.39, 0.29) is 5.54 Å². The van der Waals surface area contributed by atoms with E-state index in [1.807, 2.05) is 12.3 Å². The fourth-order valence-corrected chi connectivity index (χ4v) is 1.88. The van der Waals surface area contributed by atoms with E-state index in [9.17, 15) is 0 Å². The summed E-state index contributed by atoms with van der Waals surface area (Å²) in [5.41, 5.74) is 12.7. The minimum atomic E-state index is -0.283. The van der Waals surface area contributed by atoms with Gasteiger partial charge in [-0.25, -0.2) is 0 Å². The van der Waals surface area contributed by atoms with Crippen LogP contribution < -0.4 is 11.5 Å². The molecule has 68 valence electrons. The van der Waals surface area contributed by atoms with Gasteiger partial charge in [-0.15, -0.1) is 0 Å². The summed E-state index contributed by atoms with van der Waals surface area (Å²) in [5, 5.41) is 4.13. The van der Waals surface area contributed by atoms with Gasteiger partial charge in [-0.1, -0.05) is 6.92 Å². The normalized spacial score (nSPS) is 18.7. The largest absolute Gasteiger partial charge is 0.330 e. The van der Waals surface area contributed by atoms with Crippen molar-refractivity contribution in [2.24, 2.45) is 17.4 Å². The maximum atomic E-state index is 6.16. The summed E-state index contributed by atoms with van der Waals surface area (Å²) in [6.45, 7) is 4.74. The van der Waals surface area contributed by atoms with Crippen LogP contribution >= 0.6 is 11.3 Å². The van der Waals surface area contributed by atoms with Crippen LogP contribution in [0.25, 0.3) is 0 Å². The predicted octanol–water partition coefficient (Wildman–Crippen LogP) is 1.52. The molecule has 0 aliphatic carbocycles. The summed E-state index contributed by atoms with van der Waals surface area (Å²) in [6, 6.07) is 2.07. The lowest BCUT2D eigenvalue weighted by atomic mass is 9.83. The molecule has 0 spiro atoms. The fraction of sp³-hybridized carbons (Fsp3) is 0.556. The van der Waals surface area contributed by atoms with Gasteiger partial charge in [-0.05, 0) is 41.8 Å². The van der Waals surface area contributed by atoms with Gasteiger partial charge in [0.15, 0.2) is 0 Å². The van der Waals surface area contributed by atoms with Crippen LogP contribution in [0.4, 0.5) is 0 Å². The van der Waals surface area contributed by atoms with Crippen molar-refractivity contribution in [3.05, 3.63) is 22.4 Å². The monoisotopic (exact) mass is 184 g/mol. The van der Waals surface area contributed by atoms with E-state index in [1.165, 1.54) is 5.56 Å². The number of rotatable bonds is 3. The van der Waals surface area contributed by atoms with E-state index in [2.05, 4.69) is 18.4 Å². The van der Waals surface area contributed by atoms with Gasteiger partial charge < -0.3 is 11.5 Å². The minimum Gasteiger partial charge on any atom is -0.330 e. The highest BCUT2D eigenvalue weighted by Crippen LogP contribution is 2.27. The van der Waals surface area contributed by atoms with Crippen LogP contribution in [-0.4, -0.2) is 6.54 Å². The van der Waals surface area contributed by atoms with Crippen molar-refractivity contribution in [1.29, 1.82) is 0 Å². The molecule has 1 heterocycles. The molecule has 0 aromatic carbocycles. The zero-order valence-electron chi connectivity index (χ0n) is 7.58. The topological polar surface area (TPSA) is 52.0 Å². The van der Waals surface area contributed by atoms with Crippen LogP contribution in [0.2, 0.25) is 0 Å². The first-order valence-corrected chi connectivity index (χ1v) is 5.05. The van der Waals surface area contributed by atoms with E-state index in [1.54, 1.807) is 11.3 Å². The Morgan fingerprint density at radius 1 is 1.67 bits per heavy atom. The number of hydrogen-bond acceptors (Lipinski definition) is 3. The van der Waals surface area contributed by atoms with Crippen LogP contribution in [0.3, 0.4) is 0 Å². The number of nitrogens with two attached hydrogens (primary N) is 2. The van der Waals surface area contributed by atoms with Gasteiger partial charge in [0.05, 0.1) is 0 Å². The average molecular weight is 184 g/mol. The smallest absolute Gasteiger partial charge is 0.0427 e. The Morgan fingerprint density at radius 2 is 2.33 bits per heavy atom. The molecule has 2 atom stereocenters. The Hall–Kier alpha value is -0.380. The third-order valence-corrected chi connectivity index (χ3v) is 3.20. The van der Waals surface area contributed by atoms with Gasteiger partial charge >= 0.3 is 0 Å². The predicted molar refractivity (Wildman–Crippen MR) is 54.1 cm³/mol. The highest BCUT2D eigenvalue weighted by Gasteiger charge is 2.27. The maximum absolute atomic E-state index is 6.16. The highest BCUT2D eigenvalue weighted by atomic mass is 32.1. The van der Waals surface area contributed by atoms with Crippen molar-refractivity contribution in [3.63, 3.8) is 0 Å². The number of hydrogen-bond donors (Lipinski definition) is 2. The standard InChI is InChI=1S/C9H16N2S/c1-7(5-10)9(2,11)8-3-4-12-6-8/h3-4,6-7H,5,10-11H2,1-2H3. The van der Waals surface area contributed by atoms with Gasteiger partial charge in [0.1, 0.15) is 0 Å². The molecule has 0 saturated carbocycles. The van der Waals surface area contributed by atoms with Gasteiger partial charge in [-0.3, -0.25) is 0 Å². The van der Waals surface area contributed by atoms with Gasteiger partial charge in [-0.2, -0.15) is 11.3 Å². The highest BCUT2D eigenvalue weighted by molar-refractivity contribution is 7.08. The fourth-order valence-electron chi connectivity index (χ4n) is 1.10. The second-order valence-corrected chi connectivity index (χ2v) is 4.21. The Kier molecular flexibility index (Phi) is 2.88. The second kappa shape index (κ2) is 3.56. The Balaban J connectivity index is 2.85. The summed E-state index contributed by atoms with van der Waals surface area (Å²) in [7, 11) is 0. The molecule has 2 nitrogen and oxygen atoms in total. The molecular weight excluding hydrogens is 168 g/mol. The first kappa shape index (κ1) is 9.71. The maximum Gasteiger partial charge on any atom is 0.0427 e. The van der Waals surface area contributed by atoms with Crippen LogP contribution in [0.5, 0.6) is 0 Å². The van der Waals surface area contributed by atoms with Crippen LogP contribution in [0, 0.1) is 5.92 Å². The quantitative estimate of drug-likeness (QED) is 0.748. The average Bonchev–Trinajstić information content (AvgIpc) is 2.55. The lowest BCUT2D eigenvalue weighted by Crippen LogP contribution is -2.42. The first-order chi connectivity index (χ1) is 5.59. The van der Waals surface area contributed by atoms with Crippen molar-refractivity contribution in [2.75, 3.05) is 6.54 Å². The van der Waals surface area contributed by atoms with Gasteiger partial charge in [0, 0.05) is 5.54 Å². The van der Waals surface area contributed by atoms with Crippen molar-refractivity contribution in [3.8, 4) is 0 Å². The van der Waals surface area contributed by atoms with Crippen LogP contribution in [0.15, 0.2) is 16.8 Å². The van der Waals surface area contributed by atoms with E-state index in [0.717, 1.165) is 0 Å². The van der Waals surface area contributed by atoms with Crippen molar-refractivity contribution in [2.45, 2.75) is 19.4 Å². The molecule has 2 unspecified atom stereocenters. The molecule has 0 bridgehead atoms. The molecule has 0 saturated heterocycles. The van der Waals surface area contributed by atoms with Crippen LogP contribution in [0.1, 0.15) is 19.4 Å². The third-order valence-electron chi connectivity index (χ3n) is 2.52. The molecular formula is C9H16N2S. The SMILES string of the molecule is CC(CN)C(C)(N)c1ccsc1. The van der Waals surface area contributed by atoms with E-state index < -0.39 is 0 Å². The zero-order chi connectivity index (χ0) is 9.19. The molecule has 3 heteroatoms. The van der Waals surface area contributed by atoms with Gasteiger partial charge in [0.25, 0.3) is 0 Å². The first-order valence-electron chi connectivity index (χ1n) is 4.10. The van der Waals surface area contributed by atoms with Crippen molar-refractivity contribution in [1.82, 2.24) is 0 Å². The Bertz CT molecular complexity index is 229. The Labute approximate surface area is 77.6 Å². The van der Waals surface area contributed by atoms with Crippen molar-refractivity contribution < 1.29 is 0 Å². The molecule has 12 heavy (non-hydrogen) atoms. The molecule has 0 fully saturated rings. The van der Waals surface area contributed by atoms with E-state index >= 15 is 0 Å². The molecule has 1 rings (SSSR count). The lowest BCUT2D eigenvalue weighted by Gasteiger charge is -2.30. The third kappa shape index (κ3) is 1.68. The molecule has 0 radical (unpaired) electrons. The number of thiophene rings is 1. The Morgan fingerprint density at radius 3 is 2.75 bits per heavy atom. The summed E-state index contributed by atoms with van der Waals surface area (Å²) < 4.78 is 0. The molecule has 0 aliphatic heterocycles. The van der Waals surface area contributed by atoms with Gasteiger partial charge in [0.2, 0.25) is 0 Å². The minimum absolute atomic E-state index is 0.283. The van der Waals surface area contributed by atoms with E-state index in [4.69, 9.17) is 11.5 Å². The lowest BCUT2D eigenvalue weighted by molar-refractivity contribution is 0.333. The van der Waals surface area contributed by atoms with Crippen LogP contribution in [-0.2, 0) is 5.54 Å². The summed E-state index contributed by atoms with van der Waals surface area (Å²) in [4.78, 5) is 0. The van der Waals surface area contributed by atoms with Crippen molar-refractivity contribution >= 4 is 11.3 Å².